The Morgan fingerprint density at radius 2 is 1.68 bits per heavy atom. The van der Waals surface area contributed by atoms with E-state index >= 15 is 0 Å². The minimum absolute atomic E-state index is 0.0508. The van der Waals surface area contributed by atoms with Crippen LogP contribution in [0.4, 0.5) is 4.39 Å². The first-order chi connectivity index (χ1) is 11.7. The van der Waals surface area contributed by atoms with Gasteiger partial charge in [-0.05, 0) is 42.3 Å². The van der Waals surface area contributed by atoms with Crippen LogP contribution in [0.15, 0.2) is 53.4 Å². The molecule has 2 aromatic rings. The van der Waals surface area contributed by atoms with E-state index < -0.39 is 27.5 Å². The van der Waals surface area contributed by atoms with E-state index in [-0.39, 0.29) is 17.2 Å². The highest BCUT2D eigenvalue weighted by Gasteiger charge is 2.28. The Labute approximate surface area is 145 Å². The summed E-state index contributed by atoms with van der Waals surface area (Å²) < 4.78 is 41.3. The molecule has 0 aliphatic rings. The average molecular weight is 363 g/mol. The number of sulfone groups is 1. The first kappa shape index (κ1) is 18.8. The van der Waals surface area contributed by atoms with Gasteiger partial charge >= 0.3 is 5.97 Å². The van der Waals surface area contributed by atoms with E-state index in [0.717, 1.165) is 6.26 Å². The number of esters is 1. The van der Waals surface area contributed by atoms with E-state index in [2.05, 4.69) is 0 Å². The summed E-state index contributed by atoms with van der Waals surface area (Å²) in [7, 11) is -3.35. The number of hydrogen-bond acceptors (Lipinski definition) is 5. The predicted octanol–water partition coefficient (Wildman–Crippen LogP) is 2.94. The monoisotopic (exact) mass is 363 g/mol. The Morgan fingerprint density at radius 1 is 1.12 bits per heavy atom. The molecule has 1 N–H and O–H groups in total. The van der Waals surface area contributed by atoms with Crippen LogP contribution >= 0.6 is 0 Å². The van der Waals surface area contributed by atoms with Gasteiger partial charge in [0, 0.05) is 6.26 Å². The molecule has 0 saturated carbocycles. The zero-order valence-electron chi connectivity index (χ0n) is 13.8. The SMILES string of the molecule is CCOC(=O)C(C(=N)c1ccc(S(C)(=O)=O)cc1)c1ccc(F)cc1. The predicted molar refractivity (Wildman–Crippen MR) is 92.2 cm³/mol. The van der Waals surface area contributed by atoms with E-state index in [1.807, 2.05) is 0 Å². The van der Waals surface area contributed by atoms with Crippen molar-refractivity contribution in [1.29, 1.82) is 5.41 Å². The molecule has 0 aromatic heterocycles. The highest BCUT2D eigenvalue weighted by molar-refractivity contribution is 7.90. The van der Waals surface area contributed by atoms with E-state index in [1.165, 1.54) is 48.5 Å². The van der Waals surface area contributed by atoms with Crippen LogP contribution < -0.4 is 0 Å². The quantitative estimate of drug-likeness (QED) is 0.632. The van der Waals surface area contributed by atoms with Gasteiger partial charge in [-0.25, -0.2) is 12.8 Å². The van der Waals surface area contributed by atoms with Gasteiger partial charge in [0.05, 0.1) is 17.2 Å². The highest BCUT2D eigenvalue weighted by atomic mass is 32.2. The summed E-state index contributed by atoms with van der Waals surface area (Å²) in [4.78, 5) is 12.4. The van der Waals surface area contributed by atoms with Crippen molar-refractivity contribution in [3.05, 3.63) is 65.5 Å². The summed E-state index contributed by atoms with van der Waals surface area (Å²) in [5.41, 5.74) is 0.761. The molecule has 0 saturated heterocycles. The molecule has 0 heterocycles. The zero-order valence-corrected chi connectivity index (χ0v) is 14.6. The number of carbonyl (C=O) groups is 1. The smallest absolute Gasteiger partial charge is 0.319 e. The summed E-state index contributed by atoms with van der Waals surface area (Å²) >= 11 is 0. The molecule has 0 bridgehead atoms. The first-order valence-corrected chi connectivity index (χ1v) is 9.44. The third kappa shape index (κ3) is 4.51. The number of ether oxygens (including phenoxy) is 1. The molecule has 0 spiro atoms. The van der Waals surface area contributed by atoms with Crippen LogP contribution in [0.2, 0.25) is 0 Å². The molecule has 0 amide bonds. The topological polar surface area (TPSA) is 84.3 Å². The summed E-state index contributed by atoms with van der Waals surface area (Å²) in [5, 5.41) is 8.37. The van der Waals surface area contributed by atoms with Gasteiger partial charge in [-0.15, -0.1) is 0 Å². The molecule has 2 aromatic carbocycles. The summed E-state index contributed by atoms with van der Waals surface area (Å²) in [5.74, 6) is -2.09. The molecule has 0 aliphatic carbocycles. The molecular weight excluding hydrogens is 345 g/mol. The lowest BCUT2D eigenvalue weighted by atomic mass is 9.90. The number of hydrogen-bond donors (Lipinski definition) is 1. The normalized spacial score (nSPS) is 12.4. The number of halogens is 1. The number of nitrogens with one attached hydrogen (secondary N) is 1. The third-order valence-corrected chi connectivity index (χ3v) is 4.74. The van der Waals surface area contributed by atoms with Crippen LogP contribution in [-0.4, -0.2) is 33.0 Å². The summed E-state index contributed by atoms with van der Waals surface area (Å²) in [6, 6.07) is 11.0. The fourth-order valence-electron chi connectivity index (χ4n) is 2.35. The summed E-state index contributed by atoms with van der Waals surface area (Å²) in [6.07, 6.45) is 1.09. The van der Waals surface area contributed by atoms with Crippen LogP contribution in [0, 0.1) is 11.2 Å². The second-order valence-corrected chi connectivity index (χ2v) is 7.46. The van der Waals surface area contributed by atoms with Gasteiger partial charge in [0.25, 0.3) is 0 Å². The lowest BCUT2D eigenvalue weighted by molar-refractivity contribution is -0.143. The molecule has 0 radical (unpaired) electrons. The summed E-state index contributed by atoms with van der Waals surface area (Å²) in [6.45, 7) is 1.81. The number of benzene rings is 2. The van der Waals surface area contributed by atoms with E-state index in [0.29, 0.717) is 11.1 Å². The fourth-order valence-corrected chi connectivity index (χ4v) is 2.98. The van der Waals surface area contributed by atoms with Crippen molar-refractivity contribution in [2.75, 3.05) is 12.9 Å². The molecule has 0 aliphatic heterocycles. The molecule has 0 fully saturated rings. The Hall–Kier alpha value is -2.54. The van der Waals surface area contributed by atoms with Crippen molar-refractivity contribution in [3.63, 3.8) is 0 Å². The van der Waals surface area contributed by atoms with Crippen LogP contribution in [0.5, 0.6) is 0 Å². The van der Waals surface area contributed by atoms with E-state index in [4.69, 9.17) is 10.1 Å². The van der Waals surface area contributed by atoms with Gasteiger partial charge in [-0.1, -0.05) is 24.3 Å². The molecular formula is C18H18FNO4S. The lowest BCUT2D eigenvalue weighted by Crippen LogP contribution is -2.24. The first-order valence-electron chi connectivity index (χ1n) is 7.55. The zero-order chi connectivity index (χ0) is 18.6. The van der Waals surface area contributed by atoms with E-state index in [1.54, 1.807) is 6.92 Å². The number of rotatable bonds is 6. The molecule has 5 nitrogen and oxygen atoms in total. The molecule has 1 atom stereocenters. The Morgan fingerprint density at radius 3 is 2.16 bits per heavy atom. The van der Waals surface area contributed by atoms with Crippen molar-refractivity contribution >= 4 is 21.5 Å². The van der Waals surface area contributed by atoms with Gasteiger partial charge in [0.2, 0.25) is 0 Å². The largest absolute Gasteiger partial charge is 0.465 e. The highest BCUT2D eigenvalue weighted by Crippen LogP contribution is 2.24. The van der Waals surface area contributed by atoms with Crippen molar-refractivity contribution in [2.24, 2.45) is 0 Å². The van der Waals surface area contributed by atoms with Gasteiger partial charge in [-0.3, -0.25) is 4.79 Å². The minimum Gasteiger partial charge on any atom is -0.465 e. The molecule has 7 heteroatoms. The Bertz CT molecular complexity index is 874. The van der Waals surface area contributed by atoms with Crippen LogP contribution in [0.1, 0.15) is 24.0 Å². The van der Waals surface area contributed by atoms with Crippen molar-refractivity contribution in [1.82, 2.24) is 0 Å². The van der Waals surface area contributed by atoms with Gasteiger partial charge in [-0.2, -0.15) is 0 Å². The molecule has 132 valence electrons. The van der Waals surface area contributed by atoms with Crippen LogP contribution in [-0.2, 0) is 19.4 Å². The Kier molecular flexibility index (Phi) is 5.69. The third-order valence-electron chi connectivity index (χ3n) is 3.61. The maximum absolute atomic E-state index is 13.2. The maximum atomic E-state index is 13.2. The molecule has 1 unspecified atom stereocenters. The number of carbonyl (C=O) groups excluding carboxylic acids is 1. The van der Waals surface area contributed by atoms with Crippen LogP contribution in [0.25, 0.3) is 0 Å². The fraction of sp³-hybridized carbons (Fsp3) is 0.222. The Balaban J connectivity index is 2.41. The standard InChI is InChI=1S/C18H18FNO4S/c1-3-24-18(21)16(12-4-8-14(19)9-5-12)17(20)13-6-10-15(11-7-13)25(2,22)23/h4-11,16,20H,3H2,1-2H3. The van der Waals surface area contributed by atoms with E-state index in [9.17, 15) is 17.6 Å². The minimum atomic E-state index is -3.35. The van der Waals surface area contributed by atoms with Crippen molar-refractivity contribution in [2.45, 2.75) is 17.7 Å². The van der Waals surface area contributed by atoms with Gasteiger partial charge < -0.3 is 10.1 Å². The van der Waals surface area contributed by atoms with Crippen LogP contribution in [0.3, 0.4) is 0 Å². The maximum Gasteiger partial charge on any atom is 0.319 e. The second-order valence-electron chi connectivity index (χ2n) is 5.45. The van der Waals surface area contributed by atoms with Gasteiger partial charge in [0.1, 0.15) is 11.7 Å². The molecule has 2 rings (SSSR count). The van der Waals surface area contributed by atoms with Crippen molar-refractivity contribution < 1.29 is 22.3 Å². The lowest BCUT2D eigenvalue weighted by Gasteiger charge is -2.17. The molecule has 25 heavy (non-hydrogen) atoms. The second kappa shape index (κ2) is 7.57. The van der Waals surface area contributed by atoms with Crippen molar-refractivity contribution in [3.8, 4) is 0 Å². The average Bonchev–Trinajstić information content (AvgIpc) is 2.56. The van der Waals surface area contributed by atoms with Gasteiger partial charge in [0.15, 0.2) is 9.84 Å².